The van der Waals surface area contributed by atoms with Gasteiger partial charge in [0.15, 0.2) is 23.6 Å². The fourth-order valence-electron chi connectivity index (χ4n) is 2.64. The van der Waals surface area contributed by atoms with Crippen LogP contribution in [0.1, 0.15) is 50.4 Å². The van der Waals surface area contributed by atoms with Gasteiger partial charge in [-0.1, -0.05) is 18.0 Å². The molecule has 0 bridgehead atoms. The Hall–Kier alpha value is -1.73. The van der Waals surface area contributed by atoms with Crippen LogP contribution in [0.3, 0.4) is 0 Å². The van der Waals surface area contributed by atoms with Crippen LogP contribution in [0.5, 0.6) is 5.75 Å². The Labute approximate surface area is 138 Å². The van der Waals surface area contributed by atoms with Crippen LogP contribution in [0.2, 0.25) is 0 Å². The van der Waals surface area contributed by atoms with Gasteiger partial charge in [0.1, 0.15) is 5.75 Å². The monoisotopic (exact) mass is 345 g/mol. The van der Waals surface area contributed by atoms with Crippen LogP contribution in [0.15, 0.2) is 22.7 Å². The lowest BCUT2D eigenvalue weighted by atomic mass is 9.99. The zero-order chi connectivity index (χ0) is 15.7. The first-order valence-corrected chi connectivity index (χ1v) is 7.23. The first kappa shape index (κ1) is 17.6. The SMILES string of the molecule is CC(Oc1ccc(F)c(F)c1)c1nc(C2(N)CCCC2)no1.Cl. The lowest BCUT2D eigenvalue weighted by molar-refractivity contribution is 0.174. The summed E-state index contributed by atoms with van der Waals surface area (Å²) >= 11 is 0. The summed E-state index contributed by atoms with van der Waals surface area (Å²) in [6, 6.07) is 3.32. The lowest BCUT2D eigenvalue weighted by Gasteiger charge is -2.17. The Bertz CT molecular complexity index is 674. The summed E-state index contributed by atoms with van der Waals surface area (Å²) in [4.78, 5) is 4.30. The smallest absolute Gasteiger partial charge is 0.267 e. The molecule has 8 heteroatoms. The predicted octanol–water partition coefficient (Wildman–Crippen LogP) is 3.64. The molecule has 0 amide bonds. The molecule has 0 spiro atoms. The van der Waals surface area contributed by atoms with E-state index in [0.717, 1.165) is 37.8 Å². The molecule has 2 aromatic rings. The Kier molecular flexibility index (Phi) is 5.21. The Morgan fingerprint density at radius 3 is 2.61 bits per heavy atom. The van der Waals surface area contributed by atoms with E-state index < -0.39 is 23.3 Å². The topological polar surface area (TPSA) is 74.2 Å². The molecule has 0 saturated heterocycles. The molecule has 1 aromatic heterocycles. The van der Waals surface area contributed by atoms with Crippen molar-refractivity contribution in [2.24, 2.45) is 5.73 Å². The van der Waals surface area contributed by atoms with Gasteiger partial charge in [0.05, 0.1) is 5.54 Å². The van der Waals surface area contributed by atoms with Crippen molar-refractivity contribution >= 4 is 12.4 Å². The number of aromatic nitrogens is 2. The summed E-state index contributed by atoms with van der Waals surface area (Å²) in [6.07, 6.45) is 3.15. The van der Waals surface area contributed by atoms with Crippen molar-refractivity contribution in [2.75, 3.05) is 0 Å². The second-order valence-corrected chi connectivity index (χ2v) is 5.66. The molecule has 1 heterocycles. The maximum atomic E-state index is 13.2. The maximum Gasteiger partial charge on any atom is 0.267 e. The van der Waals surface area contributed by atoms with Crippen LogP contribution in [-0.4, -0.2) is 10.1 Å². The summed E-state index contributed by atoms with van der Waals surface area (Å²) < 4.78 is 36.8. The molecule has 1 atom stereocenters. The largest absolute Gasteiger partial charge is 0.481 e. The average Bonchev–Trinajstić information content (AvgIpc) is 3.12. The third kappa shape index (κ3) is 3.61. The van der Waals surface area contributed by atoms with Gasteiger partial charge in [0.25, 0.3) is 5.89 Å². The summed E-state index contributed by atoms with van der Waals surface area (Å²) in [6.45, 7) is 1.69. The third-order valence-corrected chi connectivity index (χ3v) is 3.93. The van der Waals surface area contributed by atoms with Crippen molar-refractivity contribution in [1.82, 2.24) is 10.1 Å². The van der Waals surface area contributed by atoms with Crippen molar-refractivity contribution in [3.05, 3.63) is 41.5 Å². The van der Waals surface area contributed by atoms with Gasteiger partial charge >= 0.3 is 0 Å². The van der Waals surface area contributed by atoms with Gasteiger partial charge in [0.2, 0.25) is 0 Å². The van der Waals surface area contributed by atoms with Crippen LogP contribution >= 0.6 is 12.4 Å². The number of halogens is 3. The second-order valence-electron chi connectivity index (χ2n) is 5.66. The van der Waals surface area contributed by atoms with Gasteiger partial charge in [-0.25, -0.2) is 8.78 Å². The average molecular weight is 346 g/mol. The molecule has 0 aliphatic heterocycles. The van der Waals surface area contributed by atoms with E-state index in [9.17, 15) is 8.78 Å². The molecule has 1 saturated carbocycles. The fraction of sp³-hybridized carbons (Fsp3) is 0.467. The van der Waals surface area contributed by atoms with Gasteiger partial charge in [-0.05, 0) is 31.9 Å². The van der Waals surface area contributed by atoms with E-state index in [1.165, 1.54) is 6.07 Å². The van der Waals surface area contributed by atoms with Crippen molar-refractivity contribution < 1.29 is 18.0 Å². The van der Waals surface area contributed by atoms with Gasteiger partial charge < -0.3 is 15.0 Å². The normalized spacial score (nSPS) is 17.6. The van der Waals surface area contributed by atoms with Crippen LogP contribution < -0.4 is 10.5 Å². The van der Waals surface area contributed by atoms with E-state index in [1.54, 1.807) is 6.92 Å². The van der Waals surface area contributed by atoms with Crippen LogP contribution in [0, 0.1) is 11.6 Å². The molecule has 23 heavy (non-hydrogen) atoms. The molecule has 0 radical (unpaired) electrons. The summed E-state index contributed by atoms with van der Waals surface area (Å²) in [5.41, 5.74) is 5.73. The maximum absolute atomic E-state index is 13.2. The molecule has 1 fully saturated rings. The molecular formula is C15H18ClF2N3O2. The van der Waals surface area contributed by atoms with Crippen LogP contribution in [-0.2, 0) is 5.54 Å². The predicted molar refractivity (Wildman–Crippen MR) is 81.3 cm³/mol. The summed E-state index contributed by atoms with van der Waals surface area (Å²) in [7, 11) is 0. The molecule has 5 nitrogen and oxygen atoms in total. The Morgan fingerprint density at radius 2 is 1.96 bits per heavy atom. The standard InChI is InChI=1S/C15H17F2N3O2.ClH/c1-9(21-10-4-5-11(16)12(17)8-10)13-19-14(20-22-13)15(18)6-2-3-7-15;/h4-5,8-9H,2-3,6-7,18H2,1H3;1H. The number of ether oxygens (including phenoxy) is 1. The van der Waals surface area contributed by atoms with Crippen LogP contribution in [0.25, 0.3) is 0 Å². The highest BCUT2D eigenvalue weighted by Gasteiger charge is 2.36. The molecule has 3 rings (SSSR count). The molecule has 1 unspecified atom stereocenters. The van der Waals surface area contributed by atoms with Crippen molar-refractivity contribution in [2.45, 2.75) is 44.2 Å². The van der Waals surface area contributed by atoms with Gasteiger partial charge in [-0.2, -0.15) is 4.98 Å². The van der Waals surface area contributed by atoms with Gasteiger partial charge in [-0.15, -0.1) is 12.4 Å². The highest BCUT2D eigenvalue weighted by molar-refractivity contribution is 5.85. The van der Waals surface area contributed by atoms with Crippen molar-refractivity contribution in [1.29, 1.82) is 0 Å². The second kappa shape index (κ2) is 6.80. The Morgan fingerprint density at radius 1 is 1.26 bits per heavy atom. The quantitative estimate of drug-likeness (QED) is 0.915. The fourth-order valence-corrected chi connectivity index (χ4v) is 2.64. The minimum atomic E-state index is -0.970. The molecule has 2 N–H and O–H groups in total. The van der Waals surface area contributed by atoms with Gasteiger partial charge in [0, 0.05) is 6.07 Å². The van der Waals surface area contributed by atoms with E-state index in [4.69, 9.17) is 15.0 Å². The zero-order valence-electron chi connectivity index (χ0n) is 12.6. The summed E-state index contributed by atoms with van der Waals surface area (Å²) in [5.74, 6) is -0.971. The number of benzene rings is 1. The summed E-state index contributed by atoms with van der Waals surface area (Å²) in [5, 5.41) is 3.94. The molecule has 1 aliphatic rings. The van der Waals surface area contributed by atoms with Crippen molar-refractivity contribution in [3.8, 4) is 5.75 Å². The zero-order valence-corrected chi connectivity index (χ0v) is 13.4. The van der Waals surface area contributed by atoms with E-state index >= 15 is 0 Å². The van der Waals surface area contributed by atoms with Crippen LogP contribution in [0.4, 0.5) is 8.78 Å². The number of rotatable bonds is 4. The lowest BCUT2D eigenvalue weighted by Crippen LogP contribution is -2.34. The molecule has 1 aliphatic carbocycles. The number of nitrogens with zero attached hydrogens (tertiary/aromatic N) is 2. The van der Waals surface area contributed by atoms with Crippen molar-refractivity contribution in [3.63, 3.8) is 0 Å². The van der Waals surface area contributed by atoms with E-state index in [0.29, 0.717) is 5.82 Å². The van der Waals surface area contributed by atoms with E-state index in [1.807, 2.05) is 0 Å². The number of hydrogen-bond donors (Lipinski definition) is 1. The highest BCUT2D eigenvalue weighted by Crippen LogP contribution is 2.35. The molecule has 126 valence electrons. The first-order chi connectivity index (χ1) is 10.5. The van der Waals surface area contributed by atoms with Gasteiger partial charge in [-0.3, -0.25) is 0 Å². The van der Waals surface area contributed by atoms with E-state index in [2.05, 4.69) is 10.1 Å². The Balaban J connectivity index is 0.00000192. The number of nitrogens with two attached hydrogens (primary N) is 1. The molecule has 1 aromatic carbocycles. The third-order valence-electron chi connectivity index (χ3n) is 3.93. The first-order valence-electron chi connectivity index (χ1n) is 7.23. The molecular weight excluding hydrogens is 328 g/mol. The highest BCUT2D eigenvalue weighted by atomic mass is 35.5. The number of hydrogen-bond acceptors (Lipinski definition) is 5. The minimum absolute atomic E-state index is 0. The van der Waals surface area contributed by atoms with E-state index in [-0.39, 0.29) is 24.0 Å². The minimum Gasteiger partial charge on any atom is -0.481 e.